The van der Waals surface area contributed by atoms with Crippen LogP contribution in [0.5, 0.6) is 0 Å². The average molecular weight is 307 g/mol. The Morgan fingerprint density at radius 1 is 1.50 bits per heavy atom. The van der Waals surface area contributed by atoms with Gasteiger partial charge in [0.15, 0.2) is 5.78 Å². The largest absolute Gasteiger partial charge is 0.512 e. The lowest BCUT2D eigenvalue weighted by molar-refractivity contribution is -0.174. The van der Waals surface area contributed by atoms with E-state index in [-0.39, 0.29) is 6.42 Å². The summed E-state index contributed by atoms with van der Waals surface area (Å²) in [6, 6.07) is 2.10. The molecule has 0 spiro atoms. The minimum Gasteiger partial charge on any atom is -0.512 e. The van der Waals surface area contributed by atoms with Crippen molar-refractivity contribution in [3.63, 3.8) is 0 Å². The molecule has 0 saturated carbocycles. The zero-order valence-corrected chi connectivity index (χ0v) is 11.2. The van der Waals surface area contributed by atoms with Crippen LogP contribution < -0.4 is 5.32 Å². The molecule has 1 heterocycles. The molecule has 20 heavy (non-hydrogen) atoms. The molecule has 0 aliphatic heterocycles. The molecule has 4 nitrogen and oxygen atoms in total. The lowest BCUT2D eigenvalue weighted by atomic mass is 10.1. The van der Waals surface area contributed by atoms with Gasteiger partial charge in [0.05, 0.1) is 11.8 Å². The van der Waals surface area contributed by atoms with Crippen molar-refractivity contribution >= 4 is 23.0 Å². The quantitative estimate of drug-likeness (QED) is 0.649. The van der Waals surface area contributed by atoms with E-state index in [1.165, 1.54) is 13.0 Å². The van der Waals surface area contributed by atoms with Gasteiger partial charge in [-0.05, 0) is 18.4 Å². The number of halogens is 3. The lowest BCUT2D eigenvalue weighted by Crippen LogP contribution is -2.39. The first-order valence-electron chi connectivity index (χ1n) is 5.51. The summed E-state index contributed by atoms with van der Waals surface area (Å²) in [5.41, 5.74) is 0. The number of carbonyl (C=O) groups is 2. The van der Waals surface area contributed by atoms with Crippen molar-refractivity contribution in [2.75, 3.05) is 0 Å². The van der Waals surface area contributed by atoms with Gasteiger partial charge >= 0.3 is 12.1 Å². The first kappa shape index (κ1) is 16.2. The van der Waals surface area contributed by atoms with Crippen LogP contribution in [0.3, 0.4) is 0 Å². The number of carbonyl (C=O) groups excluding carboxylic acids is 2. The van der Waals surface area contributed by atoms with Gasteiger partial charge in [0, 0.05) is 17.4 Å². The fourth-order valence-corrected chi connectivity index (χ4v) is 2.23. The van der Waals surface area contributed by atoms with E-state index < -0.39 is 29.7 Å². The molecular formula is C12H12F3NO3S. The Bertz CT molecular complexity index is 509. The highest BCUT2D eigenvalue weighted by atomic mass is 32.1. The van der Waals surface area contributed by atoms with Crippen molar-refractivity contribution in [2.45, 2.75) is 25.6 Å². The number of alkyl halides is 3. The van der Waals surface area contributed by atoms with E-state index in [1.807, 2.05) is 0 Å². The zero-order valence-electron chi connectivity index (χ0n) is 10.4. The van der Waals surface area contributed by atoms with Crippen LogP contribution >= 0.6 is 11.3 Å². The Kier molecular flexibility index (Phi) is 5.32. The Labute approximate surface area is 116 Å². The van der Waals surface area contributed by atoms with E-state index in [1.54, 1.807) is 16.8 Å². The van der Waals surface area contributed by atoms with Crippen LogP contribution in [0.2, 0.25) is 0 Å². The summed E-state index contributed by atoms with van der Waals surface area (Å²) < 4.78 is 36.8. The highest BCUT2D eigenvalue weighted by Crippen LogP contribution is 2.26. The molecule has 8 heteroatoms. The molecule has 1 rings (SSSR count). The van der Waals surface area contributed by atoms with Gasteiger partial charge < -0.3 is 10.4 Å². The highest BCUT2D eigenvalue weighted by Gasteiger charge is 2.40. The third-order valence-corrected chi connectivity index (χ3v) is 3.22. The summed E-state index contributed by atoms with van der Waals surface area (Å²) in [7, 11) is 0. The van der Waals surface area contributed by atoms with Crippen LogP contribution in [0.15, 0.2) is 29.3 Å². The number of thiophene rings is 1. The maximum atomic E-state index is 12.3. The second-order valence-electron chi connectivity index (χ2n) is 3.99. The third-order valence-electron chi connectivity index (χ3n) is 2.23. The number of rotatable bonds is 5. The molecule has 1 aromatic heterocycles. The summed E-state index contributed by atoms with van der Waals surface area (Å²) in [5.74, 6) is -2.92. The van der Waals surface area contributed by atoms with Crippen molar-refractivity contribution in [3.8, 4) is 0 Å². The molecule has 110 valence electrons. The molecule has 0 aliphatic carbocycles. The minimum absolute atomic E-state index is 0.290. The predicted molar refractivity (Wildman–Crippen MR) is 67.3 cm³/mol. The minimum atomic E-state index is -5.00. The number of hydrogen-bond acceptors (Lipinski definition) is 4. The summed E-state index contributed by atoms with van der Waals surface area (Å²) in [4.78, 5) is 22.2. The average Bonchev–Trinajstić information content (AvgIpc) is 2.78. The van der Waals surface area contributed by atoms with Gasteiger partial charge in [-0.15, -0.1) is 11.3 Å². The van der Waals surface area contributed by atoms with Crippen molar-refractivity contribution in [1.29, 1.82) is 0 Å². The molecule has 0 saturated heterocycles. The van der Waals surface area contributed by atoms with Gasteiger partial charge in [0.1, 0.15) is 0 Å². The smallest absolute Gasteiger partial charge is 0.471 e. The van der Waals surface area contributed by atoms with Crippen LogP contribution in [0.1, 0.15) is 24.3 Å². The normalized spacial score (nSPS) is 13.9. The van der Waals surface area contributed by atoms with E-state index in [2.05, 4.69) is 0 Å². The molecule has 2 N–H and O–H groups in total. The molecule has 0 aromatic carbocycles. The summed E-state index contributed by atoms with van der Waals surface area (Å²) in [5, 5.41) is 12.9. The Morgan fingerprint density at radius 3 is 2.60 bits per heavy atom. The predicted octanol–water partition coefficient (Wildman–Crippen LogP) is 2.89. The number of aliphatic hydroxyl groups excluding tert-OH is 1. The molecule has 0 aliphatic rings. The van der Waals surface area contributed by atoms with Crippen LogP contribution in [0.4, 0.5) is 13.2 Å². The van der Waals surface area contributed by atoms with Crippen molar-refractivity contribution in [3.05, 3.63) is 34.2 Å². The molecule has 1 aromatic rings. The van der Waals surface area contributed by atoms with Gasteiger partial charge in [0.2, 0.25) is 0 Å². The first-order valence-corrected chi connectivity index (χ1v) is 6.39. The van der Waals surface area contributed by atoms with E-state index in [0.717, 1.165) is 17.4 Å². The Hall–Kier alpha value is -1.83. The summed E-state index contributed by atoms with van der Waals surface area (Å²) >= 11 is 1.14. The van der Waals surface area contributed by atoms with Gasteiger partial charge in [-0.2, -0.15) is 13.2 Å². The van der Waals surface area contributed by atoms with E-state index >= 15 is 0 Å². The summed E-state index contributed by atoms with van der Waals surface area (Å²) in [6.07, 6.45) is -4.39. The van der Waals surface area contributed by atoms with Crippen molar-refractivity contribution in [2.24, 2.45) is 0 Å². The number of amides is 1. The highest BCUT2D eigenvalue weighted by molar-refractivity contribution is 7.10. The van der Waals surface area contributed by atoms with Crippen molar-refractivity contribution in [1.82, 2.24) is 5.32 Å². The van der Waals surface area contributed by atoms with Gasteiger partial charge in [-0.3, -0.25) is 9.59 Å². The molecule has 0 radical (unpaired) electrons. The van der Waals surface area contributed by atoms with Gasteiger partial charge in [-0.25, -0.2) is 0 Å². The Balaban J connectivity index is 2.88. The first-order chi connectivity index (χ1) is 9.20. The van der Waals surface area contributed by atoms with Crippen LogP contribution in [-0.2, 0) is 9.59 Å². The van der Waals surface area contributed by atoms with E-state index in [0.29, 0.717) is 4.88 Å². The molecule has 1 atom stereocenters. The number of aliphatic hydroxyl groups is 1. The maximum absolute atomic E-state index is 12.3. The van der Waals surface area contributed by atoms with Gasteiger partial charge in [-0.1, -0.05) is 6.07 Å². The second kappa shape index (κ2) is 6.56. The fourth-order valence-electron chi connectivity index (χ4n) is 1.46. The number of ketones is 1. The molecule has 0 bridgehead atoms. The van der Waals surface area contributed by atoms with Crippen molar-refractivity contribution < 1.29 is 27.9 Å². The van der Waals surface area contributed by atoms with Crippen LogP contribution in [0.25, 0.3) is 0 Å². The number of hydrogen-bond donors (Lipinski definition) is 2. The molecule has 1 amide bonds. The molecule has 1 unspecified atom stereocenters. The van der Waals surface area contributed by atoms with Crippen LogP contribution in [0, 0.1) is 0 Å². The van der Waals surface area contributed by atoms with Gasteiger partial charge in [0.25, 0.3) is 0 Å². The number of allylic oxidation sites excluding steroid dienone is 1. The third kappa shape index (κ3) is 5.04. The monoisotopic (exact) mass is 307 g/mol. The Morgan fingerprint density at radius 2 is 2.15 bits per heavy atom. The maximum Gasteiger partial charge on any atom is 0.471 e. The SMILES string of the molecule is CC(=O)/C=C(\O)CC(NC(=O)C(F)(F)F)c1cccs1. The lowest BCUT2D eigenvalue weighted by Gasteiger charge is -2.18. The molecular weight excluding hydrogens is 295 g/mol. The standard InChI is InChI=1S/C12H12F3NO3S/c1-7(17)5-8(18)6-9(10-3-2-4-20-10)16-11(19)12(13,14)15/h2-5,9,18H,6H2,1H3,(H,16,19)/b8-5-. The zero-order chi connectivity index (χ0) is 15.3. The van der Waals surface area contributed by atoms with E-state index in [9.17, 15) is 27.9 Å². The fraction of sp³-hybridized carbons (Fsp3) is 0.333. The van der Waals surface area contributed by atoms with E-state index in [4.69, 9.17) is 0 Å². The van der Waals surface area contributed by atoms with Crippen LogP contribution in [-0.4, -0.2) is 23.0 Å². The number of nitrogens with one attached hydrogen (secondary N) is 1. The topological polar surface area (TPSA) is 66.4 Å². The second-order valence-corrected chi connectivity index (χ2v) is 4.97. The summed E-state index contributed by atoms with van der Waals surface area (Å²) in [6.45, 7) is 1.20. The molecule has 0 fully saturated rings.